The molecular weight excluding hydrogens is 418 g/mol. The van der Waals surface area contributed by atoms with Gasteiger partial charge in [-0.05, 0) is 62.5 Å². The number of methoxy groups -OCH3 is 1. The van der Waals surface area contributed by atoms with Crippen molar-refractivity contribution in [2.75, 3.05) is 7.11 Å². The normalized spacial score (nSPS) is 10.3. The number of para-hydroxylation sites is 1. The fraction of sp³-hybridized carbons (Fsp3) is 0.133. The summed E-state index contributed by atoms with van der Waals surface area (Å²) in [7, 11) is 1.61. The van der Waals surface area contributed by atoms with Gasteiger partial charge in [-0.15, -0.1) is 0 Å². The van der Waals surface area contributed by atoms with E-state index in [-0.39, 0.29) is 0 Å². The molecule has 2 rings (SSSR count). The second-order valence-electron chi connectivity index (χ2n) is 4.34. The second kappa shape index (κ2) is 6.77. The minimum absolute atomic E-state index is 0.303. The van der Waals surface area contributed by atoms with Crippen LogP contribution in [-0.2, 0) is 0 Å². The van der Waals surface area contributed by atoms with E-state index >= 15 is 0 Å². The fourth-order valence-corrected chi connectivity index (χ4v) is 2.89. The van der Waals surface area contributed by atoms with E-state index in [1.165, 1.54) is 0 Å². The monoisotopic (exact) mass is 429 g/mol. The first-order valence-electron chi connectivity index (χ1n) is 6.04. The minimum atomic E-state index is 0.303. The summed E-state index contributed by atoms with van der Waals surface area (Å²) in [6.07, 6.45) is 0. The van der Waals surface area contributed by atoms with Crippen LogP contribution in [0.4, 0.5) is 0 Å². The average molecular weight is 431 g/mol. The van der Waals surface area contributed by atoms with Crippen molar-refractivity contribution in [1.82, 2.24) is 0 Å². The molecule has 0 aliphatic heterocycles. The Morgan fingerprint density at radius 3 is 2.38 bits per heavy atom. The summed E-state index contributed by atoms with van der Waals surface area (Å²) >= 11 is 12.0. The van der Waals surface area contributed by atoms with Gasteiger partial charge in [0, 0.05) is 0 Å². The summed E-state index contributed by atoms with van der Waals surface area (Å²) in [5, 5.41) is 0. The van der Waals surface area contributed by atoms with Gasteiger partial charge in [-0.1, -0.05) is 24.4 Å². The van der Waals surface area contributed by atoms with Crippen molar-refractivity contribution in [2.45, 2.75) is 6.92 Å². The quantitative estimate of drug-likeness (QED) is 0.696. The van der Waals surface area contributed by atoms with Crippen molar-refractivity contribution in [3.63, 3.8) is 0 Å². The number of ether oxygens (including phenoxy) is 2. The molecule has 2 N–H and O–H groups in total. The van der Waals surface area contributed by atoms with E-state index in [0.29, 0.717) is 27.8 Å². The Hall–Kier alpha value is -1.11. The highest BCUT2D eigenvalue weighted by atomic mass is 79.9. The van der Waals surface area contributed by atoms with Gasteiger partial charge in [0.05, 0.1) is 21.6 Å². The van der Waals surface area contributed by atoms with E-state index < -0.39 is 0 Å². The maximum atomic E-state index is 6.01. The number of aryl methyl sites for hydroxylation is 1. The molecule has 0 saturated carbocycles. The number of hydrogen-bond donors (Lipinski definition) is 1. The van der Waals surface area contributed by atoms with Crippen molar-refractivity contribution in [3.05, 3.63) is 50.4 Å². The van der Waals surface area contributed by atoms with Crippen LogP contribution >= 0.6 is 44.1 Å². The van der Waals surface area contributed by atoms with Crippen molar-refractivity contribution in [1.29, 1.82) is 0 Å². The Labute approximate surface area is 145 Å². The Morgan fingerprint density at radius 2 is 1.76 bits per heavy atom. The van der Waals surface area contributed by atoms with Crippen LogP contribution in [0, 0.1) is 6.92 Å². The second-order valence-corrected chi connectivity index (χ2v) is 6.48. The molecule has 0 amide bonds. The lowest BCUT2D eigenvalue weighted by atomic mass is 10.1. The predicted octanol–water partition coefficient (Wildman–Crippen LogP) is 4.96. The van der Waals surface area contributed by atoms with Gasteiger partial charge in [-0.3, -0.25) is 0 Å². The molecule has 2 aromatic carbocycles. The SMILES string of the molecule is COc1cc(Br)c(Oc2c(C)cccc2C(N)=S)cc1Br. The van der Waals surface area contributed by atoms with Crippen LogP contribution < -0.4 is 15.2 Å². The van der Waals surface area contributed by atoms with Crippen LogP contribution in [0.3, 0.4) is 0 Å². The van der Waals surface area contributed by atoms with Crippen LogP contribution in [-0.4, -0.2) is 12.1 Å². The van der Waals surface area contributed by atoms with Crippen LogP contribution in [0.15, 0.2) is 39.3 Å². The highest BCUT2D eigenvalue weighted by Gasteiger charge is 2.14. The average Bonchev–Trinajstić information content (AvgIpc) is 2.44. The highest BCUT2D eigenvalue weighted by Crippen LogP contribution is 2.39. The van der Waals surface area contributed by atoms with Gasteiger partial charge in [-0.2, -0.15) is 0 Å². The zero-order valence-electron chi connectivity index (χ0n) is 11.4. The zero-order valence-corrected chi connectivity index (χ0v) is 15.4. The fourth-order valence-electron chi connectivity index (χ4n) is 1.84. The molecule has 0 atom stereocenters. The van der Waals surface area contributed by atoms with Crippen LogP contribution in [0.2, 0.25) is 0 Å². The number of rotatable bonds is 4. The van der Waals surface area contributed by atoms with Crippen molar-refractivity contribution in [3.8, 4) is 17.2 Å². The largest absolute Gasteiger partial charge is 0.496 e. The molecule has 0 bridgehead atoms. The maximum Gasteiger partial charge on any atom is 0.143 e. The Morgan fingerprint density at radius 1 is 1.14 bits per heavy atom. The number of benzene rings is 2. The molecule has 0 fully saturated rings. The summed E-state index contributed by atoms with van der Waals surface area (Å²) in [5.41, 5.74) is 7.43. The number of thiocarbonyl (C=S) groups is 1. The molecule has 0 saturated heterocycles. The van der Waals surface area contributed by atoms with Gasteiger partial charge in [0.25, 0.3) is 0 Å². The maximum absolute atomic E-state index is 6.01. The summed E-state index contributed by atoms with van der Waals surface area (Å²) in [6.45, 7) is 1.95. The Bertz CT molecular complexity index is 704. The number of nitrogens with two attached hydrogens (primary N) is 1. The van der Waals surface area contributed by atoms with Gasteiger partial charge in [0.1, 0.15) is 22.2 Å². The topological polar surface area (TPSA) is 44.5 Å². The Balaban J connectivity index is 2.48. The summed E-state index contributed by atoms with van der Waals surface area (Å²) in [4.78, 5) is 0.303. The van der Waals surface area contributed by atoms with E-state index in [4.69, 9.17) is 27.4 Å². The van der Waals surface area contributed by atoms with Gasteiger partial charge in [0.15, 0.2) is 0 Å². The smallest absolute Gasteiger partial charge is 0.143 e. The number of halogens is 2. The molecule has 0 unspecified atom stereocenters. The lowest BCUT2D eigenvalue weighted by Gasteiger charge is -2.15. The molecular formula is C15H13Br2NO2S. The summed E-state index contributed by atoms with van der Waals surface area (Å²) < 4.78 is 12.8. The lowest BCUT2D eigenvalue weighted by molar-refractivity contribution is 0.409. The van der Waals surface area contributed by atoms with E-state index in [0.717, 1.165) is 14.5 Å². The standard InChI is InChI=1S/C15H13Br2NO2S/c1-8-4-3-5-9(15(18)21)14(8)20-13-7-10(16)12(19-2)6-11(13)17/h3-7H,1-2H3,(H2,18,21). The third-order valence-corrected chi connectivity index (χ3v) is 4.36. The molecule has 6 heteroatoms. The summed E-state index contributed by atoms with van der Waals surface area (Å²) in [6, 6.07) is 9.35. The van der Waals surface area contributed by atoms with Gasteiger partial charge in [0.2, 0.25) is 0 Å². The third-order valence-electron chi connectivity index (χ3n) is 2.90. The first kappa shape index (κ1) is 16.3. The minimum Gasteiger partial charge on any atom is -0.496 e. The zero-order chi connectivity index (χ0) is 15.6. The van der Waals surface area contributed by atoms with Crippen LogP contribution in [0.25, 0.3) is 0 Å². The van der Waals surface area contributed by atoms with Crippen molar-refractivity contribution in [2.24, 2.45) is 5.73 Å². The third kappa shape index (κ3) is 3.56. The van der Waals surface area contributed by atoms with Gasteiger partial charge in [-0.25, -0.2) is 0 Å². The molecule has 0 aliphatic rings. The van der Waals surface area contributed by atoms with E-state index in [2.05, 4.69) is 31.9 Å². The molecule has 110 valence electrons. The summed E-state index contributed by atoms with van der Waals surface area (Å²) in [5.74, 6) is 2.02. The molecule has 0 aromatic heterocycles. The molecule has 0 heterocycles. The van der Waals surface area contributed by atoms with Crippen molar-refractivity contribution < 1.29 is 9.47 Å². The molecule has 0 aliphatic carbocycles. The molecule has 3 nitrogen and oxygen atoms in total. The number of hydrogen-bond acceptors (Lipinski definition) is 3. The molecule has 0 spiro atoms. The van der Waals surface area contributed by atoms with Crippen LogP contribution in [0.1, 0.15) is 11.1 Å². The van der Waals surface area contributed by atoms with E-state index in [1.807, 2.05) is 37.3 Å². The first-order valence-corrected chi connectivity index (χ1v) is 8.03. The van der Waals surface area contributed by atoms with E-state index in [1.54, 1.807) is 7.11 Å². The Kier molecular flexibility index (Phi) is 5.24. The highest BCUT2D eigenvalue weighted by molar-refractivity contribution is 9.11. The van der Waals surface area contributed by atoms with Crippen LogP contribution in [0.5, 0.6) is 17.2 Å². The van der Waals surface area contributed by atoms with E-state index in [9.17, 15) is 0 Å². The molecule has 0 radical (unpaired) electrons. The molecule has 21 heavy (non-hydrogen) atoms. The van der Waals surface area contributed by atoms with Gasteiger partial charge < -0.3 is 15.2 Å². The first-order chi connectivity index (χ1) is 9.93. The predicted molar refractivity (Wildman–Crippen MR) is 95.5 cm³/mol. The lowest BCUT2D eigenvalue weighted by Crippen LogP contribution is -2.11. The van der Waals surface area contributed by atoms with Gasteiger partial charge >= 0.3 is 0 Å². The van der Waals surface area contributed by atoms with Crippen molar-refractivity contribution >= 4 is 49.1 Å². The molecule has 2 aromatic rings.